The topological polar surface area (TPSA) is 60.4 Å². The van der Waals surface area contributed by atoms with Crippen molar-refractivity contribution in [2.24, 2.45) is 5.73 Å². The number of primary amides is 1. The molecular weight excluding hydrogens is 286 g/mol. The molecule has 2 heterocycles. The Hall–Kier alpha value is -2.62. The van der Waals surface area contributed by atoms with Crippen LogP contribution in [0.5, 0.6) is 0 Å². The van der Waals surface area contributed by atoms with Crippen LogP contribution in [0.1, 0.15) is 39.3 Å². The molecule has 1 aromatic carbocycles. The molecule has 0 unspecified atom stereocenters. The quantitative estimate of drug-likeness (QED) is 0.750. The summed E-state index contributed by atoms with van der Waals surface area (Å²) in [5.74, 6) is -0.440. The zero-order valence-electron chi connectivity index (χ0n) is 13.5. The zero-order chi connectivity index (χ0) is 16.4. The molecule has 3 aromatic rings. The summed E-state index contributed by atoms with van der Waals surface area (Å²) in [6, 6.07) is 12.4. The molecule has 23 heavy (non-hydrogen) atoms. The second-order valence-corrected chi connectivity index (χ2v) is 5.95. The van der Waals surface area contributed by atoms with Crippen LogP contribution in [-0.2, 0) is 12.8 Å². The summed E-state index contributed by atoms with van der Waals surface area (Å²) in [4.78, 5) is 15.3. The van der Waals surface area contributed by atoms with Crippen LogP contribution in [0.2, 0.25) is 0 Å². The molecule has 4 nitrogen and oxygen atoms in total. The third-order valence-electron chi connectivity index (χ3n) is 4.22. The monoisotopic (exact) mass is 307 g/mol. The molecule has 0 saturated heterocycles. The number of aryl methyl sites for hydroxylation is 4. The van der Waals surface area contributed by atoms with E-state index in [1.54, 1.807) is 23.4 Å². The predicted octanol–water partition coefficient (Wildman–Crippen LogP) is 3.23. The van der Waals surface area contributed by atoms with Crippen molar-refractivity contribution in [3.8, 4) is 0 Å². The van der Waals surface area contributed by atoms with E-state index in [0.29, 0.717) is 11.2 Å². The van der Waals surface area contributed by atoms with Gasteiger partial charge in [-0.3, -0.25) is 4.79 Å². The second kappa shape index (κ2) is 6.24. The number of nitrogens with two attached hydrogens (primary N) is 1. The summed E-state index contributed by atoms with van der Waals surface area (Å²) in [5, 5.41) is 0. The highest BCUT2D eigenvalue weighted by molar-refractivity contribution is 5.99. The first-order chi connectivity index (χ1) is 11.1. The van der Waals surface area contributed by atoms with Crippen molar-refractivity contribution in [1.29, 1.82) is 0 Å². The van der Waals surface area contributed by atoms with Crippen molar-refractivity contribution >= 4 is 11.6 Å². The second-order valence-electron chi connectivity index (χ2n) is 5.95. The molecule has 0 bridgehead atoms. The van der Waals surface area contributed by atoms with Crippen LogP contribution >= 0.6 is 0 Å². The van der Waals surface area contributed by atoms with E-state index in [-0.39, 0.29) is 0 Å². The Balaban J connectivity index is 0.000000149. The Labute approximate surface area is 136 Å². The third-order valence-corrected chi connectivity index (χ3v) is 4.22. The van der Waals surface area contributed by atoms with Crippen LogP contribution in [0, 0.1) is 13.8 Å². The first-order valence-corrected chi connectivity index (χ1v) is 7.88. The van der Waals surface area contributed by atoms with E-state index >= 15 is 0 Å². The molecule has 0 spiro atoms. The van der Waals surface area contributed by atoms with Crippen molar-refractivity contribution in [3.63, 3.8) is 0 Å². The third kappa shape index (κ3) is 3.11. The number of hydrogen-bond acceptors (Lipinski definition) is 2. The van der Waals surface area contributed by atoms with E-state index in [0.717, 1.165) is 11.4 Å². The minimum atomic E-state index is -0.440. The van der Waals surface area contributed by atoms with Gasteiger partial charge in [0.25, 0.3) is 5.91 Å². The van der Waals surface area contributed by atoms with Crippen molar-refractivity contribution in [2.75, 3.05) is 0 Å². The van der Waals surface area contributed by atoms with Gasteiger partial charge < -0.3 is 10.1 Å². The standard InChI is InChI=1S/C10H11N3O.C9H10/c1-6-5-7(2)13-4-3-8(9(11)14)10(13)12-6;1-2-5-9-7-3-6-8(9)4-1/h3-5H,1-2H3,(H2,11,14);1-2,4-5H,3,6-7H2. The smallest absolute Gasteiger partial charge is 0.252 e. The van der Waals surface area contributed by atoms with Gasteiger partial charge in [0.2, 0.25) is 0 Å². The highest BCUT2D eigenvalue weighted by atomic mass is 16.1. The minimum absolute atomic E-state index is 0.440. The van der Waals surface area contributed by atoms with Crippen molar-refractivity contribution in [2.45, 2.75) is 33.1 Å². The van der Waals surface area contributed by atoms with Gasteiger partial charge >= 0.3 is 0 Å². The van der Waals surface area contributed by atoms with Crippen LogP contribution in [0.25, 0.3) is 5.65 Å². The molecule has 2 N–H and O–H groups in total. The van der Waals surface area contributed by atoms with E-state index in [1.165, 1.54) is 19.3 Å². The molecule has 1 amide bonds. The average molecular weight is 307 g/mol. The van der Waals surface area contributed by atoms with Crippen molar-refractivity contribution in [3.05, 3.63) is 70.7 Å². The molecule has 4 rings (SSSR count). The average Bonchev–Trinajstić information content (AvgIpc) is 3.13. The lowest BCUT2D eigenvalue weighted by atomic mass is 10.1. The maximum absolute atomic E-state index is 11.1. The van der Waals surface area contributed by atoms with Gasteiger partial charge in [-0.25, -0.2) is 4.98 Å². The summed E-state index contributed by atoms with van der Waals surface area (Å²) < 4.78 is 1.85. The van der Waals surface area contributed by atoms with Gasteiger partial charge in [-0.05, 0) is 56.4 Å². The summed E-state index contributed by atoms with van der Waals surface area (Å²) in [6.07, 6.45) is 5.77. The Bertz CT molecular complexity index is 841. The van der Waals surface area contributed by atoms with E-state index in [4.69, 9.17) is 5.73 Å². The zero-order valence-corrected chi connectivity index (χ0v) is 13.5. The van der Waals surface area contributed by atoms with E-state index in [1.807, 2.05) is 24.3 Å². The SMILES string of the molecule is Cc1cc(C)n2ccc(C(N)=O)c2n1.c1ccc2c(c1)CCC2. The molecule has 2 aromatic heterocycles. The molecule has 4 heteroatoms. The summed E-state index contributed by atoms with van der Waals surface area (Å²) in [5.41, 5.74) is 11.4. The number of rotatable bonds is 1. The van der Waals surface area contributed by atoms with Crippen LogP contribution in [0.15, 0.2) is 42.6 Å². The van der Waals surface area contributed by atoms with Gasteiger partial charge in [-0.2, -0.15) is 0 Å². The molecule has 0 saturated carbocycles. The summed E-state index contributed by atoms with van der Waals surface area (Å²) in [6.45, 7) is 3.86. The fourth-order valence-electron chi connectivity index (χ4n) is 3.10. The molecule has 0 fully saturated rings. The predicted molar refractivity (Wildman–Crippen MR) is 91.7 cm³/mol. The fourth-order valence-corrected chi connectivity index (χ4v) is 3.10. The maximum Gasteiger partial charge on any atom is 0.252 e. The molecule has 0 radical (unpaired) electrons. The van der Waals surface area contributed by atoms with Gasteiger partial charge in [-0.15, -0.1) is 0 Å². The molecule has 118 valence electrons. The lowest BCUT2D eigenvalue weighted by Crippen LogP contribution is -2.11. The number of amides is 1. The Morgan fingerprint density at radius 1 is 1.13 bits per heavy atom. The Morgan fingerprint density at radius 2 is 1.78 bits per heavy atom. The van der Waals surface area contributed by atoms with Gasteiger partial charge in [0.1, 0.15) is 5.65 Å². The maximum atomic E-state index is 11.1. The van der Waals surface area contributed by atoms with Gasteiger partial charge in [0, 0.05) is 17.6 Å². The molecule has 1 aliphatic rings. The molecule has 0 aliphatic heterocycles. The van der Waals surface area contributed by atoms with Crippen LogP contribution in [-0.4, -0.2) is 15.3 Å². The number of fused-ring (bicyclic) bond motifs is 2. The minimum Gasteiger partial charge on any atom is -0.365 e. The number of carbonyl (C=O) groups is 1. The van der Waals surface area contributed by atoms with Crippen LogP contribution in [0.4, 0.5) is 0 Å². The largest absolute Gasteiger partial charge is 0.365 e. The van der Waals surface area contributed by atoms with E-state index in [2.05, 4.69) is 29.2 Å². The Morgan fingerprint density at radius 3 is 2.39 bits per heavy atom. The number of benzene rings is 1. The fraction of sp³-hybridized carbons (Fsp3) is 0.263. The number of hydrogen-bond donors (Lipinski definition) is 1. The van der Waals surface area contributed by atoms with Crippen LogP contribution in [0.3, 0.4) is 0 Å². The lowest BCUT2D eigenvalue weighted by Gasteiger charge is -2.02. The van der Waals surface area contributed by atoms with Gasteiger partial charge in [0.15, 0.2) is 0 Å². The highest BCUT2D eigenvalue weighted by Gasteiger charge is 2.10. The lowest BCUT2D eigenvalue weighted by molar-refractivity contribution is 0.100. The van der Waals surface area contributed by atoms with E-state index < -0.39 is 5.91 Å². The van der Waals surface area contributed by atoms with Crippen molar-refractivity contribution in [1.82, 2.24) is 9.38 Å². The number of carbonyl (C=O) groups excluding carboxylic acids is 1. The van der Waals surface area contributed by atoms with Crippen LogP contribution < -0.4 is 5.73 Å². The van der Waals surface area contributed by atoms with Gasteiger partial charge in [-0.1, -0.05) is 24.3 Å². The molecule has 1 aliphatic carbocycles. The Kier molecular flexibility index (Phi) is 4.15. The number of nitrogens with zero attached hydrogens (tertiary/aromatic N) is 2. The normalized spacial score (nSPS) is 12.6. The van der Waals surface area contributed by atoms with E-state index in [9.17, 15) is 4.79 Å². The highest BCUT2D eigenvalue weighted by Crippen LogP contribution is 2.20. The molecule has 0 atom stereocenters. The first kappa shape index (κ1) is 15.3. The first-order valence-electron chi connectivity index (χ1n) is 7.88. The van der Waals surface area contributed by atoms with Gasteiger partial charge in [0.05, 0.1) is 5.56 Å². The summed E-state index contributed by atoms with van der Waals surface area (Å²) in [7, 11) is 0. The van der Waals surface area contributed by atoms with Crippen molar-refractivity contribution < 1.29 is 4.79 Å². The number of aromatic nitrogens is 2. The molecular formula is C19H21N3O. The summed E-state index contributed by atoms with van der Waals surface area (Å²) >= 11 is 0.